The summed E-state index contributed by atoms with van der Waals surface area (Å²) < 4.78 is 0. The molecule has 0 atom stereocenters. The Bertz CT molecular complexity index is 408. The molecule has 0 saturated heterocycles. The SMILES string of the molecule is CN(CCP(C(C)(C)C)C(C)(C)C)CCP(C(C)(C)C)C(C)(C)C.C[NH+](CCCl)CCCl.[Cl-]. The summed E-state index contributed by atoms with van der Waals surface area (Å²) in [4.78, 5) is 4.00. The van der Waals surface area contributed by atoms with Crippen LogP contribution in [0.2, 0.25) is 0 Å². The minimum absolute atomic E-state index is 0. The first-order valence-corrected chi connectivity index (χ1v) is 16.5. The van der Waals surface area contributed by atoms with Gasteiger partial charge in [0.25, 0.3) is 0 Å². The van der Waals surface area contributed by atoms with E-state index in [0.717, 1.165) is 24.8 Å². The van der Waals surface area contributed by atoms with Gasteiger partial charge in [0.2, 0.25) is 0 Å². The molecule has 0 bridgehead atoms. The fraction of sp³-hybridized carbons (Fsp3) is 1.00. The Morgan fingerprint density at radius 3 is 1.03 bits per heavy atom. The number of rotatable bonds is 10. The Hall–Kier alpha value is 1.65. The number of nitrogens with zero attached hydrogens (tertiary/aromatic N) is 1. The van der Waals surface area contributed by atoms with E-state index < -0.39 is 0 Å². The van der Waals surface area contributed by atoms with Crippen molar-refractivity contribution in [1.29, 1.82) is 0 Å². The number of quaternary nitrogens is 1. The zero-order chi connectivity index (χ0) is 26.0. The van der Waals surface area contributed by atoms with Crippen molar-refractivity contribution < 1.29 is 17.3 Å². The topological polar surface area (TPSA) is 7.68 Å². The second-order valence-corrected chi connectivity index (χ2v) is 21.9. The van der Waals surface area contributed by atoms with Gasteiger partial charge in [-0.1, -0.05) is 98.9 Å². The second kappa shape index (κ2) is 17.2. The molecule has 0 aromatic carbocycles. The van der Waals surface area contributed by atoms with Gasteiger partial charge >= 0.3 is 0 Å². The Balaban J connectivity index is -0.000000851. The van der Waals surface area contributed by atoms with Crippen LogP contribution >= 0.6 is 39.0 Å². The molecule has 0 aliphatic carbocycles. The molecule has 0 amide bonds. The van der Waals surface area contributed by atoms with Crippen molar-refractivity contribution in [2.24, 2.45) is 0 Å². The number of alkyl halides is 2. The molecule has 0 rings (SSSR count). The van der Waals surface area contributed by atoms with Crippen molar-refractivity contribution in [3.63, 3.8) is 0 Å². The maximum Gasteiger partial charge on any atom is 0.0906 e. The molecule has 204 valence electrons. The van der Waals surface area contributed by atoms with Crippen LogP contribution in [0.15, 0.2) is 0 Å². The summed E-state index contributed by atoms with van der Waals surface area (Å²) in [6.45, 7) is 33.7. The lowest BCUT2D eigenvalue weighted by atomic mass is 10.2. The minimum atomic E-state index is 0. The molecular formula is C26H59Cl3N2P2. The quantitative estimate of drug-likeness (QED) is 0.309. The minimum Gasteiger partial charge on any atom is -1.00 e. The zero-order valence-electron chi connectivity index (χ0n) is 24.6. The highest BCUT2D eigenvalue weighted by atomic mass is 35.5. The molecule has 0 aliphatic heterocycles. The molecule has 0 aromatic rings. The van der Waals surface area contributed by atoms with Gasteiger partial charge in [-0.2, -0.15) is 0 Å². The van der Waals surface area contributed by atoms with Crippen LogP contribution in [0.25, 0.3) is 0 Å². The molecule has 7 heteroatoms. The van der Waals surface area contributed by atoms with Crippen molar-refractivity contribution in [1.82, 2.24) is 4.90 Å². The summed E-state index contributed by atoms with van der Waals surface area (Å²) in [5.41, 5.74) is 0. The standard InChI is InChI=1S/C21H47NP2.C5H11Cl2N.ClH/c1-18(2,3)23(19(4,5)6)16-14-22(13)15-17-24(20(7,8)9)21(10,11)12;1-8(4-2-6)5-3-7;/h14-17H2,1-13H3;2-5H2,1H3;1H. The first kappa shape index (κ1) is 39.2. The van der Waals surface area contributed by atoms with E-state index in [1.165, 1.54) is 30.3 Å². The van der Waals surface area contributed by atoms with Crippen molar-refractivity contribution in [2.45, 2.75) is 104 Å². The fourth-order valence-electron chi connectivity index (χ4n) is 4.45. The summed E-state index contributed by atoms with van der Waals surface area (Å²) in [5, 5.41) is 1.77. The Kier molecular flexibility index (Phi) is 20.4. The molecule has 33 heavy (non-hydrogen) atoms. The fourth-order valence-corrected chi connectivity index (χ4v) is 12.9. The third-order valence-electron chi connectivity index (χ3n) is 5.69. The van der Waals surface area contributed by atoms with Crippen molar-refractivity contribution in [3.05, 3.63) is 0 Å². The van der Waals surface area contributed by atoms with E-state index in [-0.39, 0.29) is 28.3 Å². The molecule has 0 fully saturated rings. The highest BCUT2D eigenvalue weighted by Gasteiger charge is 2.35. The summed E-state index contributed by atoms with van der Waals surface area (Å²) in [6.07, 6.45) is 2.73. The third kappa shape index (κ3) is 19.4. The molecule has 0 aliphatic rings. The number of hydrogen-bond donors (Lipinski definition) is 1. The predicted octanol–water partition coefficient (Wildman–Crippen LogP) is 4.06. The highest BCUT2D eigenvalue weighted by Crippen LogP contribution is 2.60. The van der Waals surface area contributed by atoms with E-state index in [1.54, 1.807) is 0 Å². The van der Waals surface area contributed by atoms with Crippen molar-refractivity contribution in [3.8, 4) is 0 Å². The molecule has 0 radical (unpaired) electrons. The number of halogens is 3. The van der Waals surface area contributed by atoms with Crippen LogP contribution in [0.1, 0.15) is 83.1 Å². The summed E-state index contributed by atoms with van der Waals surface area (Å²) >= 11 is 10.9. The van der Waals surface area contributed by atoms with Crippen LogP contribution in [0.5, 0.6) is 0 Å². The predicted molar refractivity (Wildman–Crippen MR) is 158 cm³/mol. The van der Waals surface area contributed by atoms with Crippen LogP contribution in [0.3, 0.4) is 0 Å². The van der Waals surface area contributed by atoms with Gasteiger partial charge in [-0.3, -0.25) is 0 Å². The van der Waals surface area contributed by atoms with E-state index in [4.69, 9.17) is 23.2 Å². The smallest absolute Gasteiger partial charge is 0.0906 e. The van der Waals surface area contributed by atoms with E-state index in [9.17, 15) is 0 Å². The van der Waals surface area contributed by atoms with Crippen molar-refractivity contribution in [2.75, 3.05) is 64.4 Å². The second-order valence-electron chi connectivity index (χ2n) is 13.1. The lowest BCUT2D eigenvalue weighted by molar-refractivity contribution is -0.874. The zero-order valence-corrected chi connectivity index (χ0v) is 28.7. The molecule has 0 heterocycles. The molecule has 0 unspecified atom stereocenters. The Morgan fingerprint density at radius 1 is 0.606 bits per heavy atom. The number of nitrogens with one attached hydrogen (secondary N) is 1. The van der Waals surface area contributed by atoms with E-state index in [2.05, 4.69) is 102 Å². The van der Waals surface area contributed by atoms with Gasteiger partial charge < -0.3 is 22.2 Å². The molecular weight excluding hydrogens is 509 g/mol. The summed E-state index contributed by atoms with van der Waals surface area (Å²) in [6, 6.07) is 0. The van der Waals surface area contributed by atoms with Gasteiger partial charge in [0.05, 0.1) is 31.9 Å². The number of hydrogen-bond acceptors (Lipinski definition) is 1. The molecule has 1 N–H and O–H groups in total. The van der Waals surface area contributed by atoms with Gasteiger partial charge in [0.1, 0.15) is 0 Å². The average Bonchev–Trinajstić information content (AvgIpc) is 2.51. The molecule has 0 spiro atoms. The van der Waals surface area contributed by atoms with Crippen molar-refractivity contribution >= 4 is 39.0 Å². The monoisotopic (exact) mass is 566 g/mol. The maximum atomic E-state index is 5.47. The van der Waals surface area contributed by atoms with Crippen LogP contribution in [-0.2, 0) is 0 Å². The highest BCUT2D eigenvalue weighted by molar-refractivity contribution is 7.61. The van der Waals surface area contributed by atoms with Gasteiger partial charge in [-0.05, 0) is 40.0 Å². The Labute approximate surface area is 228 Å². The Morgan fingerprint density at radius 2 is 0.848 bits per heavy atom. The third-order valence-corrected chi connectivity index (χ3v) is 13.8. The normalized spacial score (nSPS) is 13.5. The van der Waals surface area contributed by atoms with Crippen LogP contribution in [0, 0.1) is 0 Å². The molecule has 0 saturated carbocycles. The largest absolute Gasteiger partial charge is 1.00 e. The summed E-state index contributed by atoms with van der Waals surface area (Å²) in [5.74, 6) is 1.45. The van der Waals surface area contributed by atoms with Crippen LogP contribution in [-0.4, -0.2) is 89.9 Å². The van der Waals surface area contributed by atoms with Crippen LogP contribution < -0.4 is 17.3 Å². The van der Waals surface area contributed by atoms with Gasteiger partial charge in [-0.25, -0.2) is 0 Å². The molecule has 0 aromatic heterocycles. The summed E-state index contributed by atoms with van der Waals surface area (Å²) in [7, 11) is 4.45. The average molecular weight is 568 g/mol. The van der Waals surface area contributed by atoms with E-state index >= 15 is 0 Å². The van der Waals surface area contributed by atoms with E-state index in [1.807, 2.05) is 0 Å². The van der Waals surface area contributed by atoms with Gasteiger partial charge in [0.15, 0.2) is 0 Å². The first-order valence-electron chi connectivity index (χ1n) is 12.3. The van der Waals surface area contributed by atoms with Gasteiger partial charge in [-0.15, -0.1) is 23.2 Å². The lowest BCUT2D eigenvalue weighted by Gasteiger charge is -2.43. The first-order chi connectivity index (χ1) is 14.2. The van der Waals surface area contributed by atoms with Crippen LogP contribution in [0.4, 0.5) is 0 Å². The molecule has 2 nitrogen and oxygen atoms in total. The van der Waals surface area contributed by atoms with Gasteiger partial charge in [0, 0.05) is 13.1 Å². The lowest BCUT2D eigenvalue weighted by Crippen LogP contribution is -3.09. The maximum absolute atomic E-state index is 5.47. The van der Waals surface area contributed by atoms with E-state index in [0.29, 0.717) is 20.6 Å².